The number of benzene rings is 1. The largest absolute Gasteiger partial charge is 0.388 e. The Hall–Kier alpha value is -1.39. The normalized spacial score (nSPS) is 19.8. The number of rotatable bonds is 2. The lowest BCUT2D eigenvalue weighted by Crippen LogP contribution is -2.48. The van der Waals surface area contributed by atoms with Crippen molar-refractivity contribution in [2.75, 3.05) is 6.54 Å². The molecule has 1 aromatic heterocycles. The molecule has 0 spiro atoms. The molecule has 20 heavy (non-hydrogen) atoms. The van der Waals surface area contributed by atoms with Crippen LogP contribution in [-0.2, 0) is 0 Å². The van der Waals surface area contributed by atoms with Gasteiger partial charge in [-0.15, -0.1) is 11.3 Å². The van der Waals surface area contributed by atoms with Gasteiger partial charge in [-0.25, -0.2) is 0 Å². The van der Waals surface area contributed by atoms with Gasteiger partial charge in [0.2, 0.25) is 0 Å². The van der Waals surface area contributed by atoms with Crippen LogP contribution in [-0.4, -0.2) is 34.1 Å². The molecule has 1 aliphatic heterocycles. The van der Waals surface area contributed by atoms with Gasteiger partial charge in [0, 0.05) is 11.2 Å². The maximum atomic E-state index is 12.7. The van der Waals surface area contributed by atoms with Gasteiger partial charge in [0.15, 0.2) is 0 Å². The minimum Gasteiger partial charge on any atom is -0.388 e. The van der Waals surface area contributed by atoms with Crippen LogP contribution in [0.25, 0.3) is 10.1 Å². The van der Waals surface area contributed by atoms with Gasteiger partial charge in [0.25, 0.3) is 5.91 Å². The predicted octanol–water partition coefficient (Wildman–Crippen LogP) is 3.28. The number of hydrogen-bond donors (Lipinski definition) is 1. The highest BCUT2D eigenvalue weighted by Crippen LogP contribution is 2.31. The second-order valence-corrected chi connectivity index (χ2v) is 7.04. The first-order valence-corrected chi connectivity index (χ1v) is 7.80. The van der Waals surface area contributed by atoms with Crippen LogP contribution in [0.15, 0.2) is 30.3 Å². The van der Waals surface area contributed by atoms with E-state index in [2.05, 4.69) is 0 Å². The monoisotopic (exact) mass is 289 g/mol. The van der Waals surface area contributed by atoms with Crippen LogP contribution in [0.2, 0.25) is 0 Å². The lowest BCUT2D eigenvalue weighted by molar-refractivity contribution is 0.000524. The summed E-state index contributed by atoms with van der Waals surface area (Å²) in [5.41, 5.74) is -0.844. The Morgan fingerprint density at radius 2 is 2.15 bits per heavy atom. The van der Waals surface area contributed by atoms with E-state index in [4.69, 9.17) is 0 Å². The zero-order valence-corrected chi connectivity index (χ0v) is 12.6. The predicted molar refractivity (Wildman–Crippen MR) is 82.2 cm³/mol. The van der Waals surface area contributed by atoms with Gasteiger partial charge in [-0.05, 0) is 44.2 Å². The first-order valence-electron chi connectivity index (χ1n) is 6.99. The average Bonchev–Trinajstić information content (AvgIpc) is 3.03. The van der Waals surface area contributed by atoms with Crippen LogP contribution in [0.3, 0.4) is 0 Å². The molecular formula is C16H19NO2S. The van der Waals surface area contributed by atoms with Gasteiger partial charge in [0.05, 0.1) is 16.5 Å². The molecule has 1 atom stereocenters. The van der Waals surface area contributed by atoms with E-state index in [1.54, 1.807) is 13.8 Å². The Morgan fingerprint density at radius 1 is 1.40 bits per heavy atom. The van der Waals surface area contributed by atoms with Gasteiger partial charge in [-0.3, -0.25) is 4.79 Å². The number of thiophene rings is 1. The van der Waals surface area contributed by atoms with Gasteiger partial charge in [-0.2, -0.15) is 0 Å². The third-order valence-corrected chi connectivity index (χ3v) is 5.07. The Balaban J connectivity index is 1.91. The first-order chi connectivity index (χ1) is 9.47. The Morgan fingerprint density at radius 3 is 2.85 bits per heavy atom. The highest BCUT2D eigenvalue weighted by molar-refractivity contribution is 7.20. The van der Waals surface area contributed by atoms with Crippen LogP contribution in [0.1, 0.15) is 36.4 Å². The van der Waals surface area contributed by atoms with Gasteiger partial charge >= 0.3 is 0 Å². The second-order valence-electron chi connectivity index (χ2n) is 5.96. The molecule has 1 aromatic carbocycles. The molecule has 1 fully saturated rings. The Bertz CT molecular complexity index is 608. The highest BCUT2D eigenvalue weighted by atomic mass is 32.1. The van der Waals surface area contributed by atoms with Crippen molar-refractivity contribution >= 4 is 27.3 Å². The van der Waals surface area contributed by atoms with Crippen molar-refractivity contribution in [3.05, 3.63) is 35.2 Å². The van der Waals surface area contributed by atoms with Gasteiger partial charge in [0.1, 0.15) is 0 Å². The zero-order valence-electron chi connectivity index (χ0n) is 11.8. The van der Waals surface area contributed by atoms with E-state index in [1.807, 2.05) is 35.2 Å². The molecule has 0 aliphatic carbocycles. The average molecular weight is 289 g/mol. The first kappa shape index (κ1) is 13.6. The summed E-state index contributed by atoms with van der Waals surface area (Å²) in [6.07, 6.45) is 1.84. The second kappa shape index (κ2) is 4.86. The summed E-state index contributed by atoms with van der Waals surface area (Å²) in [5, 5.41) is 11.3. The topological polar surface area (TPSA) is 40.5 Å². The quantitative estimate of drug-likeness (QED) is 0.921. The molecule has 2 heterocycles. The molecule has 0 saturated carbocycles. The van der Waals surface area contributed by atoms with E-state index in [0.29, 0.717) is 0 Å². The fraction of sp³-hybridized carbons (Fsp3) is 0.438. The number of nitrogens with zero attached hydrogens (tertiary/aromatic N) is 1. The van der Waals surface area contributed by atoms with Crippen molar-refractivity contribution < 1.29 is 9.90 Å². The maximum Gasteiger partial charge on any atom is 0.264 e. The molecule has 1 unspecified atom stereocenters. The molecule has 1 amide bonds. The number of carbonyl (C=O) groups is 1. The summed E-state index contributed by atoms with van der Waals surface area (Å²) >= 11 is 1.53. The smallest absolute Gasteiger partial charge is 0.264 e. The summed E-state index contributed by atoms with van der Waals surface area (Å²) < 4.78 is 1.13. The summed E-state index contributed by atoms with van der Waals surface area (Å²) in [5.74, 6) is 0.0517. The van der Waals surface area contributed by atoms with E-state index in [1.165, 1.54) is 11.3 Å². The molecule has 1 aliphatic rings. The van der Waals surface area contributed by atoms with Crippen LogP contribution in [0, 0.1) is 0 Å². The fourth-order valence-corrected chi connectivity index (χ4v) is 3.99. The third kappa shape index (κ3) is 2.34. The Labute approximate surface area is 122 Å². The van der Waals surface area contributed by atoms with Crippen molar-refractivity contribution in [3.8, 4) is 0 Å². The van der Waals surface area contributed by atoms with Crippen molar-refractivity contribution in [1.29, 1.82) is 0 Å². The molecule has 2 aromatic rings. The van der Waals surface area contributed by atoms with E-state index in [-0.39, 0.29) is 11.9 Å². The summed E-state index contributed by atoms with van der Waals surface area (Å²) in [7, 11) is 0. The van der Waals surface area contributed by atoms with E-state index >= 15 is 0 Å². The SMILES string of the molecule is CC(C)(O)C1CCCN1C(=O)c1cc2ccccc2s1. The number of amides is 1. The van der Waals surface area contributed by atoms with Crippen molar-refractivity contribution in [2.45, 2.75) is 38.3 Å². The van der Waals surface area contributed by atoms with Crippen LogP contribution < -0.4 is 0 Å². The number of fused-ring (bicyclic) bond motifs is 1. The third-order valence-electron chi connectivity index (χ3n) is 3.97. The van der Waals surface area contributed by atoms with Crippen LogP contribution >= 0.6 is 11.3 Å². The molecule has 1 N–H and O–H groups in total. The lowest BCUT2D eigenvalue weighted by atomic mass is 9.96. The number of carbonyl (C=O) groups excluding carboxylic acids is 1. The number of hydrogen-bond acceptors (Lipinski definition) is 3. The Kier molecular flexibility index (Phi) is 3.30. The van der Waals surface area contributed by atoms with Crippen LogP contribution in [0.5, 0.6) is 0 Å². The lowest BCUT2D eigenvalue weighted by Gasteiger charge is -2.33. The van der Waals surface area contributed by atoms with Gasteiger partial charge < -0.3 is 10.0 Å². The number of aliphatic hydroxyl groups is 1. The molecule has 3 rings (SSSR count). The molecule has 0 bridgehead atoms. The van der Waals surface area contributed by atoms with E-state index in [9.17, 15) is 9.90 Å². The highest BCUT2D eigenvalue weighted by Gasteiger charge is 2.39. The summed E-state index contributed by atoms with van der Waals surface area (Å²) in [6.45, 7) is 4.31. The minimum absolute atomic E-state index is 0.0517. The van der Waals surface area contributed by atoms with E-state index in [0.717, 1.165) is 34.3 Å². The maximum absolute atomic E-state index is 12.7. The fourth-order valence-electron chi connectivity index (χ4n) is 2.97. The minimum atomic E-state index is -0.844. The molecule has 0 radical (unpaired) electrons. The molecule has 1 saturated heterocycles. The molecule has 3 nitrogen and oxygen atoms in total. The van der Waals surface area contributed by atoms with Crippen LogP contribution in [0.4, 0.5) is 0 Å². The standard InChI is InChI=1S/C16H19NO2S/c1-16(2,19)14-8-5-9-17(14)15(18)13-10-11-6-3-4-7-12(11)20-13/h3-4,6-7,10,14,19H,5,8-9H2,1-2H3. The summed E-state index contributed by atoms with van der Waals surface area (Å²) in [4.78, 5) is 15.3. The molecule has 106 valence electrons. The van der Waals surface area contributed by atoms with Crippen molar-refractivity contribution in [1.82, 2.24) is 4.90 Å². The van der Waals surface area contributed by atoms with Gasteiger partial charge in [-0.1, -0.05) is 18.2 Å². The molecular weight excluding hydrogens is 270 g/mol. The number of likely N-dealkylation sites (tertiary alicyclic amines) is 1. The molecule has 4 heteroatoms. The van der Waals surface area contributed by atoms with Crippen molar-refractivity contribution in [3.63, 3.8) is 0 Å². The summed E-state index contributed by atoms with van der Waals surface area (Å²) in [6, 6.07) is 9.91. The van der Waals surface area contributed by atoms with Crippen molar-refractivity contribution in [2.24, 2.45) is 0 Å². The van der Waals surface area contributed by atoms with E-state index < -0.39 is 5.60 Å². The zero-order chi connectivity index (χ0) is 14.3.